The molecule has 0 fully saturated rings. The Hall–Kier alpha value is -3.10. The average molecular weight is 427 g/mol. The van der Waals surface area contributed by atoms with Crippen molar-refractivity contribution < 1.29 is 26.8 Å². The van der Waals surface area contributed by atoms with Crippen LogP contribution in [0.4, 0.5) is 0 Å². The smallest absolute Gasteiger partial charge is 0.374 e. The molecule has 0 amide bonds. The molecule has 7 nitrogen and oxygen atoms in total. The molecule has 30 heavy (non-hydrogen) atoms. The number of hydrogen-bond donors (Lipinski definition) is 1. The zero-order valence-corrected chi connectivity index (χ0v) is 17.4. The first kappa shape index (κ1) is 20.2. The van der Waals surface area contributed by atoms with Gasteiger partial charge in [0.05, 0.1) is 17.8 Å². The van der Waals surface area contributed by atoms with E-state index in [1.54, 1.807) is 26.2 Å². The molecule has 2 aromatic carbocycles. The van der Waals surface area contributed by atoms with E-state index in [4.69, 9.17) is 13.6 Å². The van der Waals surface area contributed by atoms with Gasteiger partial charge in [-0.3, -0.25) is 0 Å². The second kappa shape index (κ2) is 7.97. The zero-order valence-electron chi connectivity index (χ0n) is 16.6. The summed E-state index contributed by atoms with van der Waals surface area (Å²) in [5.74, 6) is -0.484. The molecule has 4 rings (SSSR count). The van der Waals surface area contributed by atoms with E-state index in [0.29, 0.717) is 23.0 Å². The van der Waals surface area contributed by atoms with Crippen LogP contribution in [0.25, 0.3) is 21.9 Å². The highest BCUT2D eigenvalue weighted by Gasteiger charge is 2.21. The molecule has 0 bridgehead atoms. The van der Waals surface area contributed by atoms with Crippen LogP contribution in [0.1, 0.15) is 28.6 Å². The molecule has 2 heterocycles. The fourth-order valence-electron chi connectivity index (χ4n) is 3.39. The molecule has 0 spiro atoms. The molecule has 0 radical (unpaired) electrons. The van der Waals surface area contributed by atoms with Crippen molar-refractivity contribution >= 4 is 37.9 Å². The molecule has 0 aliphatic carbocycles. The largest absolute Gasteiger partial charge is 0.464 e. The van der Waals surface area contributed by atoms with Crippen molar-refractivity contribution in [2.45, 2.75) is 25.2 Å². The highest BCUT2D eigenvalue weighted by atomic mass is 32.2. The van der Waals surface area contributed by atoms with E-state index in [0.717, 1.165) is 16.5 Å². The van der Waals surface area contributed by atoms with Crippen LogP contribution >= 0.6 is 0 Å². The monoisotopic (exact) mass is 427 g/mol. The molecule has 0 saturated carbocycles. The molecule has 0 aliphatic heterocycles. The lowest BCUT2D eigenvalue weighted by molar-refractivity contribution is 0.0491. The van der Waals surface area contributed by atoms with Crippen molar-refractivity contribution in [3.05, 3.63) is 65.6 Å². The van der Waals surface area contributed by atoms with Gasteiger partial charge in [0.1, 0.15) is 11.2 Å². The number of fused-ring (bicyclic) bond motifs is 2. The highest BCUT2D eigenvalue weighted by molar-refractivity contribution is 7.89. The maximum atomic E-state index is 12.8. The molecule has 8 heteroatoms. The molecular weight excluding hydrogens is 406 g/mol. The molecular formula is C22H21NO6S. The number of hydrogen-bond acceptors (Lipinski definition) is 6. The normalized spacial score (nSPS) is 11.9. The van der Waals surface area contributed by atoms with E-state index >= 15 is 0 Å². The Labute approximate surface area is 173 Å². The number of rotatable bonds is 7. The Morgan fingerprint density at radius 2 is 1.90 bits per heavy atom. The molecule has 0 aliphatic rings. The molecule has 1 N–H and O–H groups in total. The average Bonchev–Trinajstić information content (AvgIpc) is 3.29. The van der Waals surface area contributed by atoms with Crippen molar-refractivity contribution in [1.29, 1.82) is 0 Å². The van der Waals surface area contributed by atoms with E-state index < -0.39 is 16.0 Å². The van der Waals surface area contributed by atoms with Crippen molar-refractivity contribution in [3.63, 3.8) is 0 Å². The lowest BCUT2D eigenvalue weighted by Crippen LogP contribution is -2.25. The third-order valence-electron chi connectivity index (χ3n) is 4.93. The van der Waals surface area contributed by atoms with E-state index in [9.17, 15) is 13.2 Å². The number of carbonyl (C=O) groups is 1. The minimum absolute atomic E-state index is 0.0844. The fraction of sp³-hybridized carbons (Fsp3) is 0.227. The number of para-hydroxylation sites is 1. The van der Waals surface area contributed by atoms with Crippen LogP contribution in [-0.4, -0.2) is 27.5 Å². The Kier molecular flexibility index (Phi) is 5.36. The number of furan rings is 2. The van der Waals surface area contributed by atoms with Crippen LogP contribution < -0.4 is 4.72 Å². The Morgan fingerprint density at radius 3 is 2.70 bits per heavy atom. The van der Waals surface area contributed by atoms with Crippen molar-refractivity contribution in [1.82, 2.24) is 4.72 Å². The molecule has 0 unspecified atom stereocenters. The standard InChI is InChI=1S/C22H21NO6S/c1-3-27-22(24)21-14(2)18-12-16(8-9-20(18)29-21)30(25,26)23-11-10-15-13-28-19-7-5-4-6-17(15)19/h4-9,12-13,23H,3,10-11H2,1-2H3. The summed E-state index contributed by atoms with van der Waals surface area (Å²) in [7, 11) is -3.73. The third-order valence-corrected chi connectivity index (χ3v) is 6.39. The second-order valence-corrected chi connectivity index (χ2v) is 8.61. The zero-order chi connectivity index (χ0) is 21.3. The van der Waals surface area contributed by atoms with Gasteiger partial charge in [0.2, 0.25) is 15.8 Å². The van der Waals surface area contributed by atoms with Gasteiger partial charge in [-0.05, 0) is 50.1 Å². The fourth-order valence-corrected chi connectivity index (χ4v) is 4.45. The summed E-state index contributed by atoms with van der Waals surface area (Å²) in [5.41, 5.74) is 2.69. The van der Waals surface area contributed by atoms with Gasteiger partial charge in [-0.25, -0.2) is 17.9 Å². The van der Waals surface area contributed by atoms with Gasteiger partial charge in [-0.1, -0.05) is 18.2 Å². The van der Waals surface area contributed by atoms with Crippen molar-refractivity contribution in [2.75, 3.05) is 13.2 Å². The second-order valence-electron chi connectivity index (χ2n) is 6.84. The van der Waals surface area contributed by atoms with Crippen LogP contribution in [0.15, 0.2) is 62.5 Å². The first-order valence-corrected chi connectivity index (χ1v) is 11.0. The summed E-state index contributed by atoms with van der Waals surface area (Å²) in [6.45, 7) is 3.86. The predicted molar refractivity (Wildman–Crippen MR) is 112 cm³/mol. The summed E-state index contributed by atoms with van der Waals surface area (Å²) >= 11 is 0. The van der Waals surface area contributed by atoms with Gasteiger partial charge in [-0.15, -0.1) is 0 Å². The van der Waals surface area contributed by atoms with Crippen molar-refractivity contribution in [2.24, 2.45) is 0 Å². The van der Waals surface area contributed by atoms with E-state index in [1.165, 1.54) is 12.1 Å². The summed E-state index contributed by atoms with van der Waals surface area (Å²) in [6, 6.07) is 12.1. The van der Waals surface area contributed by atoms with Gasteiger partial charge < -0.3 is 13.6 Å². The molecule has 156 valence electrons. The Balaban J connectivity index is 1.53. The molecule has 0 saturated heterocycles. The summed E-state index contributed by atoms with van der Waals surface area (Å²) in [4.78, 5) is 12.1. The summed E-state index contributed by atoms with van der Waals surface area (Å²) < 4.78 is 44.2. The van der Waals surface area contributed by atoms with Gasteiger partial charge in [0.25, 0.3) is 0 Å². The van der Waals surface area contributed by atoms with Crippen molar-refractivity contribution in [3.8, 4) is 0 Å². The van der Waals surface area contributed by atoms with Crippen LogP contribution in [-0.2, 0) is 21.2 Å². The highest BCUT2D eigenvalue weighted by Crippen LogP contribution is 2.28. The molecule has 4 aromatic rings. The molecule has 2 aromatic heterocycles. The van der Waals surface area contributed by atoms with Gasteiger partial charge >= 0.3 is 5.97 Å². The van der Waals surface area contributed by atoms with E-state index in [1.807, 2.05) is 24.3 Å². The topological polar surface area (TPSA) is 98.8 Å². The first-order valence-electron chi connectivity index (χ1n) is 9.55. The van der Waals surface area contributed by atoms with Gasteiger partial charge in [0.15, 0.2) is 0 Å². The SMILES string of the molecule is CCOC(=O)c1oc2ccc(S(=O)(=O)NCCc3coc4ccccc34)cc2c1C. The lowest BCUT2D eigenvalue weighted by atomic mass is 10.1. The van der Waals surface area contributed by atoms with Gasteiger partial charge in [-0.2, -0.15) is 0 Å². The van der Waals surface area contributed by atoms with Crippen LogP contribution in [0, 0.1) is 6.92 Å². The maximum absolute atomic E-state index is 12.8. The van der Waals surface area contributed by atoms with Crippen LogP contribution in [0.5, 0.6) is 0 Å². The van der Waals surface area contributed by atoms with Crippen LogP contribution in [0.2, 0.25) is 0 Å². The third kappa shape index (κ3) is 3.71. The number of ether oxygens (including phenoxy) is 1. The molecule has 0 atom stereocenters. The number of aryl methyl sites for hydroxylation is 1. The minimum atomic E-state index is -3.73. The number of carbonyl (C=O) groups excluding carboxylic acids is 1. The number of sulfonamides is 1. The quantitative estimate of drug-likeness (QED) is 0.444. The lowest BCUT2D eigenvalue weighted by Gasteiger charge is -2.06. The predicted octanol–water partition coefficient (Wildman–Crippen LogP) is 4.19. The first-order chi connectivity index (χ1) is 14.4. The summed E-state index contributed by atoms with van der Waals surface area (Å²) in [5, 5.41) is 1.53. The number of nitrogens with one attached hydrogen (secondary N) is 1. The van der Waals surface area contributed by atoms with E-state index in [-0.39, 0.29) is 23.8 Å². The number of benzene rings is 2. The van der Waals surface area contributed by atoms with Crippen LogP contribution in [0.3, 0.4) is 0 Å². The Morgan fingerprint density at radius 1 is 1.10 bits per heavy atom. The summed E-state index contributed by atoms with van der Waals surface area (Å²) in [6.07, 6.45) is 2.15. The van der Waals surface area contributed by atoms with E-state index in [2.05, 4.69) is 4.72 Å². The van der Waals surface area contributed by atoms with Gasteiger partial charge in [0, 0.05) is 22.9 Å². The number of esters is 1. The maximum Gasteiger partial charge on any atom is 0.374 e. The Bertz CT molecular complexity index is 1330. The minimum Gasteiger partial charge on any atom is -0.464 e.